The zero-order valence-electron chi connectivity index (χ0n) is 13.2. The van der Waals surface area contributed by atoms with Crippen molar-refractivity contribution in [1.29, 1.82) is 0 Å². The first-order valence-corrected chi connectivity index (χ1v) is 7.51. The van der Waals surface area contributed by atoms with E-state index in [1.807, 2.05) is 24.3 Å². The number of ether oxygens (including phenoxy) is 2. The molecule has 0 saturated carbocycles. The van der Waals surface area contributed by atoms with E-state index >= 15 is 0 Å². The Hall–Kier alpha value is -1.92. The molecule has 2 atom stereocenters. The van der Waals surface area contributed by atoms with Gasteiger partial charge in [-0.25, -0.2) is 0 Å². The summed E-state index contributed by atoms with van der Waals surface area (Å²) < 4.78 is 16.6. The number of hydrogen-bond acceptors (Lipinski definition) is 6. The summed E-state index contributed by atoms with van der Waals surface area (Å²) in [5.41, 5.74) is 0.891. The van der Waals surface area contributed by atoms with Crippen LogP contribution in [0.1, 0.15) is 25.8 Å². The highest BCUT2D eigenvalue weighted by Gasteiger charge is 2.26. The summed E-state index contributed by atoms with van der Waals surface area (Å²) in [7, 11) is 1.64. The van der Waals surface area contributed by atoms with Crippen molar-refractivity contribution in [1.82, 2.24) is 15.1 Å². The number of morpholine rings is 1. The molecule has 0 spiro atoms. The number of rotatable bonds is 4. The van der Waals surface area contributed by atoms with Crippen molar-refractivity contribution >= 4 is 0 Å². The Bertz CT molecular complexity index is 611. The van der Waals surface area contributed by atoms with E-state index < -0.39 is 0 Å². The number of hydrogen-bond donors (Lipinski definition) is 0. The van der Waals surface area contributed by atoms with Crippen LogP contribution in [0.4, 0.5) is 0 Å². The summed E-state index contributed by atoms with van der Waals surface area (Å²) in [6.07, 6.45) is 0.236. The molecule has 1 aliphatic heterocycles. The third-order valence-electron chi connectivity index (χ3n) is 3.96. The smallest absolute Gasteiger partial charge is 0.247 e. The zero-order valence-corrected chi connectivity index (χ0v) is 13.2. The van der Waals surface area contributed by atoms with E-state index in [0.29, 0.717) is 11.8 Å². The average molecular weight is 303 g/mol. The summed E-state index contributed by atoms with van der Waals surface area (Å²) >= 11 is 0. The van der Waals surface area contributed by atoms with Crippen molar-refractivity contribution in [3.05, 3.63) is 30.2 Å². The molecule has 0 amide bonds. The second-order valence-corrected chi connectivity index (χ2v) is 5.53. The molecule has 1 aliphatic rings. The van der Waals surface area contributed by atoms with E-state index in [2.05, 4.69) is 28.9 Å². The first-order valence-electron chi connectivity index (χ1n) is 7.51. The van der Waals surface area contributed by atoms with Gasteiger partial charge in [-0.2, -0.15) is 0 Å². The van der Waals surface area contributed by atoms with Crippen molar-refractivity contribution in [3.8, 4) is 17.2 Å². The van der Waals surface area contributed by atoms with Crippen molar-refractivity contribution in [2.75, 3.05) is 26.8 Å². The lowest BCUT2D eigenvalue weighted by Crippen LogP contribution is -2.42. The molecule has 0 bridgehead atoms. The highest BCUT2D eigenvalue weighted by Crippen LogP contribution is 2.26. The molecule has 0 unspecified atom stereocenters. The molecular formula is C16H21N3O3. The Labute approximate surface area is 130 Å². The second kappa shape index (κ2) is 6.46. The maximum Gasteiger partial charge on any atom is 0.247 e. The van der Waals surface area contributed by atoms with Gasteiger partial charge < -0.3 is 13.9 Å². The van der Waals surface area contributed by atoms with Crippen LogP contribution in [0.2, 0.25) is 0 Å². The van der Waals surface area contributed by atoms with Gasteiger partial charge in [-0.15, -0.1) is 10.2 Å². The van der Waals surface area contributed by atoms with E-state index in [0.717, 1.165) is 31.0 Å². The van der Waals surface area contributed by atoms with Crippen LogP contribution in [0, 0.1) is 0 Å². The van der Waals surface area contributed by atoms with Crippen LogP contribution in [0.3, 0.4) is 0 Å². The molecule has 0 N–H and O–H groups in total. The topological polar surface area (TPSA) is 60.6 Å². The molecule has 6 nitrogen and oxygen atoms in total. The molecule has 3 rings (SSSR count). The number of methoxy groups -OCH3 is 1. The summed E-state index contributed by atoms with van der Waals surface area (Å²) in [6, 6.07) is 7.68. The minimum atomic E-state index is 0.0887. The molecule has 0 radical (unpaired) electrons. The SMILES string of the molecule is COc1ccc(-c2nnc([C@@H](C)N3CCO[C@@H](C)C3)o2)cc1. The lowest BCUT2D eigenvalue weighted by molar-refractivity contribution is -0.0354. The van der Waals surface area contributed by atoms with Crippen molar-refractivity contribution in [3.63, 3.8) is 0 Å². The third kappa shape index (κ3) is 3.13. The van der Waals surface area contributed by atoms with Gasteiger partial charge in [0.1, 0.15) is 5.75 Å². The molecule has 2 heterocycles. The Morgan fingerprint density at radius 1 is 1.27 bits per heavy atom. The lowest BCUT2D eigenvalue weighted by Gasteiger charge is -2.33. The van der Waals surface area contributed by atoms with Crippen LogP contribution in [0.5, 0.6) is 5.75 Å². The molecule has 0 aliphatic carbocycles. The number of aromatic nitrogens is 2. The van der Waals surface area contributed by atoms with Crippen LogP contribution in [-0.4, -0.2) is 48.0 Å². The predicted molar refractivity (Wildman–Crippen MR) is 81.7 cm³/mol. The third-order valence-corrected chi connectivity index (χ3v) is 3.96. The molecule has 1 aromatic carbocycles. The molecular weight excluding hydrogens is 282 g/mol. The summed E-state index contributed by atoms with van der Waals surface area (Å²) in [6.45, 7) is 6.66. The summed E-state index contributed by atoms with van der Waals surface area (Å²) in [5, 5.41) is 8.37. The first kappa shape index (κ1) is 15.0. The Kier molecular flexibility index (Phi) is 4.40. The van der Waals surface area contributed by atoms with Gasteiger partial charge in [-0.3, -0.25) is 4.90 Å². The Balaban J connectivity index is 1.74. The van der Waals surface area contributed by atoms with Gasteiger partial charge in [0.05, 0.1) is 25.9 Å². The lowest BCUT2D eigenvalue weighted by atomic mass is 10.2. The molecule has 22 heavy (non-hydrogen) atoms. The van der Waals surface area contributed by atoms with E-state index in [1.165, 1.54) is 0 Å². The van der Waals surface area contributed by atoms with Gasteiger partial charge >= 0.3 is 0 Å². The normalized spacial score (nSPS) is 20.8. The van der Waals surface area contributed by atoms with Gasteiger partial charge in [0, 0.05) is 18.7 Å². The first-order chi connectivity index (χ1) is 10.7. The van der Waals surface area contributed by atoms with Gasteiger partial charge in [0.25, 0.3) is 0 Å². The Morgan fingerprint density at radius 3 is 2.73 bits per heavy atom. The molecule has 1 aromatic heterocycles. The van der Waals surface area contributed by atoms with Crippen LogP contribution in [0.25, 0.3) is 11.5 Å². The zero-order chi connectivity index (χ0) is 15.5. The summed E-state index contributed by atoms with van der Waals surface area (Å²) in [5.74, 6) is 1.98. The number of benzene rings is 1. The van der Waals surface area contributed by atoms with Crippen molar-refractivity contribution in [2.24, 2.45) is 0 Å². The van der Waals surface area contributed by atoms with Crippen molar-refractivity contribution in [2.45, 2.75) is 26.0 Å². The molecule has 118 valence electrons. The average Bonchev–Trinajstić information content (AvgIpc) is 3.04. The fraction of sp³-hybridized carbons (Fsp3) is 0.500. The van der Waals surface area contributed by atoms with E-state index in [1.54, 1.807) is 7.11 Å². The predicted octanol–water partition coefficient (Wildman–Crippen LogP) is 2.53. The van der Waals surface area contributed by atoms with Crippen LogP contribution in [0.15, 0.2) is 28.7 Å². The van der Waals surface area contributed by atoms with Crippen LogP contribution in [-0.2, 0) is 4.74 Å². The molecule has 2 aromatic rings. The second-order valence-electron chi connectivity index (χ2n) is 5.53. The van der Waals surface area contributed by atoms with E-state index in [9.17, 15) is 0 Å². The van der Waals surface area contributed by atoms with Crippen molar-refractivity contribution < 1.29 is 13.9 Å². The fourth-order valence-corrected chi connectivity index (χ4v) is 2.61. The highest BCUT2D eigenvalue weighted by molar-refractivity contribution is 5.53. The van der Waals surface area contributed by atoms with Crippen LogP contribution < -0.4 is 4.74 Å². The van der Waals surface area contributed by atoms with Gasteiger partial charge in [-0.05, 0) is 38.1 Å². The molecule has 1 fully saturated rings. The maximum atomic E-state index is 5.85. The van der Waals surface area contributed by atoms with Gasteiger partial charge in [0.2, 0.25) is 11.8 Å². The fourth-order valence-electron chi connectivity index (χ4n) is 2.61. The van der Waals surface area contributed by atoms with E-state index in [-0.39, 0.29) is 12.1 Å². The minimum absolute atomic E-state index is 0.0887. The van der Waals surface area contributed by atoms with E-state index in [4.69, 9.17) is 13.9 Å². The maximum absolute atomic E-state index is 5.85. The van der Waals surface area contributed by atoms with Crippen LogP contribution >= 0.6 is 0 Å². The standard InChI is InChI=1S/C16H21N3O3/c1-11-10-19(8-9-21-11)12(2)15-17-18-16(22-15)13-4-6-14(20-3)7-5-13/h4-7,11-12H,8-10H2,1-3H3/t11-,12+/m0/s1. The molecule has 6 heteroatoms. The highest BCUT2D eigenvalue weighted by atomic mass is 16.5. The summed E-state index contributed by atoms with van der Waals surface area (Å²) in [4.78, 5) is 2.31. The largest absolute Gasteiger partial charge is 0.497 e. The molecule has 1 saturated heterocycles. The van der Waals surface area contributed by atoms with Gasteiger partial charge in [-0.1, -0.05) is 0 Å². The number of nitrogens with zero attached hydrogens (tertiary/aromatic N) is 3. The van der Waals surface area contributed by atoms with Gasteiger partial charge in [0.15, 0.2) is 0 Å². The quantitative estimate of drug-likeness (QED) is 0.865. The Morgan fingerprint density at radius 2 is 2.05 bits per heavy atom. The monoisotopic (exact) mass is 303 g/mol. The minimum Gasteiger partial charge on any atom is -0.497 e.